The largest absolute Gasteiger partial charge is 2.00 e. The molecule has 0 spiro atoms. The summed E-state index contributed by atoms with van der Waals surface area (Å²) in [5.41, 5.74) is 8.73. The van der Waals surface area contributed by atoms with E-state index >= 15 is 0 Å². The standard InChI is InChI=1S/C39H43N4O5.Mg/c1-9-12-15-48-32(44)14-13-25-21(6)28-16-26-19(4)23(10-2)30(40-26)17-27-20(5)24(11-3)31(41-27)18-29-22(7)33-37(43-29)34(36(25)42-28)35(38(33)45)39(46)47-8;/h9-10,12,16-18,21,25,35-36,42,45H,2,11,13-15H2,1,3-8H3;/q-3;+2/b12-9-,27-17-,28-16-,31-18-;/t21-,25-,35+,36?;/m0./s1. The molecule has 3 aliphatic rings. The molecular weight excluding hydrogens is 629 g/mol. The molecule has 0 radical (unpaired) electrons. The molecule has 0 aromatic carbocycles. The van der Waals surface area contributed by atoms with Crippen molar-refractivity contribution in [3.63, 3.8) is 0 Å². The number of aliphatic hydroxyl groups excluding tert-OH is 1. The molecule has 9 nitrogen and oxygen atoms in total. The van der Waals surface area contributed by atoms with Gasteiger partial charge in [0.15, 0.2) is 0 Å². The first-order valence-corrected chi connectivity index (χ1v) is 16.6. The molecule has 4 atom stereocenters. The fourth-order valence-corrected chi connectivity index (χ4v) is 7.62. The van der Waals surface area contributed by atoms with Crippen molar-refractivity contribution < 1.29 is 24.2 Å². The molecule has 1 unspecified atom stereocenters. The second-order valence-corrected chi connectivity index (χ2v) is 12.9. The Kier molecular flexibility index (Phi) is 10.6. The minimum Gasteiger partial charge on any atom is -0.657 e. The number of nitrogens with zero attached hydrogens (tertiary/aromatic N) is 3. The van der Waals surface area contributed by atoms with Crippen molar-refractivity contribution in [1.82, 2.24) is 20.3 Å². The molecule has 2 aliphatic heterocycles. The second kappa shape index (κ2) is 14.4. The van der Waals surface area contributed by atoms with Crippen molar-refractivity contribution in [3.8, 4) is 0 Å². The third-order valence-corrected chi connectivity index (χ3v) is 10.3. The molecule has 0 amide bonds. The Morgan fingerprint density at radius 1 is 1.02 bits per heavy atom. The maximum Gasteiger partial charge on any atom is 2.00 e. The summed E-state index contributed by atoms with van der Waals surface area (Å²) in [4.78, 5) is 41.4. The zero-order chi connectivity index (χ0) is 34.4. The molecule has 3 aromatic rings. The Hall–Kier alpha value is -4.15. The van der Waals surface area contributed by atoms with Gasteiger partial charge in [-0.05, 0) is 57.6 Å². The zero-order valence-corrected chi connectivity index (χ0v) is 30.9. The van der Waals surface area contributed by atoms with Crippen molar-refractivity contribution in [3.05, 3.63) is 90.6 Å². The molecule has 6 rings (SSSR count). The summed E-state index contributed by atoms with van der Waals surface area (Å²) in [6, 6.07) is -0.436. The van der Waals surface area contributed by atoms with E-state index in [0.29, 0.717) is 28.3 Å². The van der Waals surface area contributed by atoms with Crippen LogP contribution in [0.5, 0.6) is 0 Å². The number of aromatic nitrogens is 3. The van der Waals surface area contributed by atoms with E-state index in [4.69, 9.17) is 24.4 Å². The Balaban J connectivity index is 0.00000468. The van der Waals surface area contributed by atoms with E-state index in [-0.39, 0.29) is 59.6 Å². The molecule has 1 saturated heterocycles. The van der Waals surface area contributed by atoms with E-state index in [0.717, 1.165) is 62.0 Å². The number of carbonyl (C=O) groups is 2. The van der Waals surface area contributed by atoms with Crippen molar-refractivity contribution in [2.45, 2.75) is 66.8 Å². The fourth-order valence-electron chi connectivity index (χ4n) is 7.62. The summed E-state index contributed by atoms with van der Waals surface area (Å²) in [5, 5.41) is 18.2. The maximum atomic E-state index is 13.4. The van der Waals surface area contributed by atoms with Gasteiger partial charge < -0.3 is 34.8 Å². The number of hydrogen-bond donors (Lipinski definition) is 2. The van der Waals surface area contributed by atoms with Gasteiger partial charge in [-0.3, -0.25) is 9.59 Å². The van der Waals surface area contributed by atoms with Gasteiger partial charge in [0, 0.05) is 23.3 Å². The fraction of sp³-hybridized carbons (Fsp3) is 0.385. The molecule has 3 aromatic heterocycles. The van der Waals surface area contributed by atoms with Gasteiger partial charge in [0.05, 0.1) is 13.2 Å². The third-order valence-electron chi connectivity index (χ3n) is 10.3. The van der Waals surface area contributed by atoms with Crippen molar-refractivity contribution >= 4 is 70.6 Å². The van der Waals surface area contributed by atoms with Gasteiger partial charge in [-0.2, -0.15) is 0 Å². The molecule has 8 bridgehead atoms. The average Bonchev–Trinajstić information content (AvgIpc) is 3.80. The molecule has 2 N–H and O–H groups in total. The number of carbonyl (C=O) groups excluding carboxylic acids is 2. The number of methoxy groups -OCH3 is 1. The van der Waals surface area contributed by atoms with E-state index in [1.165, 1.54) is 7.11 Å². The topological polar surface area (TPSA) is 127 Å². The quantitative estimate of drug-likeness (QED) is 0.210. The van der Waals surface area contributed by atoms with Gasteiger partial charge in [-0.1, -0.05) is 79.1 Å². The Bertz CT molecular complexity index is 2140. The Morgan fingerprint density at radius 3 is 2.41 bits per heavy atom. The molecule has 1 aliphatic carbocycles. The summed E-state index contributed by atoms with van der Waals surface area (Å²) in [5.74, 6) is -2.15. The Labute approximate surface area is 302 Å². The summed E-state index contributed by atoms with van der Waals surface area (Å²) in [6.07, 6.45) is 13.0. The van der Waals surface area contributed by atoms with Crippen molar-refractivity contribution in [1.29, 1.82) is 0 Å². The summed E-state index contributed by atoms with van der Waals surface area (Å²) in [7, 11) is 1.32. The van der Waals surface area contributed by atoms with Crippen LogP contribution >= 0.6 is 0 Å². The van der Waals surface area contributed by atoms with Crippen molar-refractivity contribution in [2.75, 3.05) is 13.7 Å². The summed E-state index contributed by atoms with van der Waals surface area (Å²) in [6.45, 7) is 16.4. The number of nitrogens with one attached hydrogen (secondary N) is 1. The van der Waals surface area contributed by atoms with Crippen LogP contribution in [0.2, 0.25) is 0 Å². The van der Waals surface area contributed by atoms with Crippen LogP contribution in [0.3, 0.4) is 0 Å². The van der Waals surface area contributed by atoms with Gasteiger partial charge in [0.1, 0.15) is 18.3 Å². The molecule has 5 heterocycles. The van der Waals surface area contributed by atoms with Gasteiger partial charge in [-0.15, -0.1) is 33.1 Å². The predicted octanol–water partition coefficient (Wildman–Crippen LogP) is 2.06. The molecule has 49 heavy (non-hydrogen) atoms. The van der Waals surface area contributed by atoms with Crippen LogP contribution in [0.4, 0.5) is 0 Å². The third kappa shape index (κ3) is 6.14. The second-order valence-electron chi connectivity index (χ2n) is 12.9. The number of rotatable bonds is 8. The maximum absolute atomic E-state index is 13.4. The van der Waals surface area contributed by atoms with Crippen LogP contribution in [0, 0.1) is 38.5 Å². The van der Waals surface area contributed by atoms with Crippen LogP contribution in [-0.4, -0.2) is 59.9 Å². The minimum atomic E-state index is -1.03. The van der Waals surface area contributed by atoms with Gasteiger partial charge in [0.25, 0.3) is 0 Å². The monoisotopic (exact) mass is 671 g/mol. The zero-order valence-electron chi connectivity index (χ0n) is 29.4. The van der Waals surface area contributed by atoms with E-state index in [1.54, 1.807) is 6.08 Å². The van der Waals surface area contributed by atoms with Crippen LogP contribution in [0.1, 0.15) is 78.5 Å². The first-order chi connectivity index (χ1) is 23.0. The smallest absolute Gasteiger partial charge is 0.657 e. The van der Waals surface area contributed by atoms with Crippen molar-refractivity contribution in [2.24, 2.45) is 17.8 Å². The first kappa shape index (κ1) is 36.1. The van der Waals surface area contributed by atoms with Crippen LogP contribution in [0.15, 0.2) is 24.4 Å². The van der Waals surface area contributed by atoms with E-state index < -0.39 is 17.9 Å². The molecule has 10 heteroatoms. The first-order valence-electron chi connectivity index (χ1n) is 16.6. The number of fused-ring (bicyclic) bond motifs is 8. The number of esters is 2. The van der Waals surface area contributed by atoms with E-state index in [2.05, 4.69) is 38.7 Å². The van der Waals surface area contributed by atoms with Gasteiger partial charge in [-0.25, -0.2) is 0 Å². The van der Waals surface area contributed by atoms with Crippen LogP contribution < -0.4 is 41.5 Å². The van der Waals surface area contributed by atoms with E-state index in [1.807, 2.05) is 45.1 Å². The van der Waals surface area contributed by atoms with Crippen LogP contribution in [0.25, 0.3) is 35.6 Å². The predicted molar refractivity (Wildman–Crippen MR) is 192 cm³/mol. The summed E-state index contributed by atoms with van der Waals surface area (Å²) >= 11 is 0. The number of hydrogen-bond acceptors (Lipinski definition) is 6. The van der Waals surface area contributed by atoms with Crippen LogP contribution in [-0.2, 0) is 25.5 Å². The van der Waals surface area contributed by atoms with E-state index in [9.17, 15) is 14.7 Å². The minimum absolute atomic E-state index is 0. The molecule has 252 valence electrons. The molecular formula is C39H43MgN4O5-. The summed E-state index contributed by atoms with van der Waals surface area (Å²) < 4.78 is 10.7. The molecule has 0 saturated carbocycles. The Morgan fingerprint density at radius 2 is 1.73 bits per heavy atom. The normalized spacial score (nSPS) is 23.1. The number of aliphatic hydroxyl groups is 1. The number of allylic oxidation sites excluding steroid dienone is 2. The van der Waals surface area contributed by atoms with Gasteiger partial charge in [0.2, 0.25) is 0 Å². The average molecular weight is 672 g/mol. The SMILES string of the molecule is C=Cc1c2[n-]c(c1C)/C=C1\NC(C3=c4[n-]c(c(C)c4=C(O)[C@@H]3C(=O)OC)/C=c3\[n-]/c(c(C)c3CC)=C\2)[C@@H](CCC(=O)OC/C=C\C)[C@@H]1C.[Mg+2]. The number of ether oxygens (including phenoxy) is 2. The van der Waals surface area contributed by atoms with Gasteiger partial charge >= 0.3 is 35.0 Å². The molecule has 1 fully saturated rings.